The van der Waals surface area contributed by atoms with Crippen LogP contribution in [0.15, 0.2) is 36.4 Å². The van der Waals surface area contributed by atoms with E-state index in [0.717, 1.165) is 63.4 Å². The van der Waals surface area contributed by atoms with Crippen molar-refractivity contribution in [1.29, 1.82) is 0 Å². The van der Waals surface area contributed by atoms with Crippen molar-refractivity contribution in [2.75, 3.05) is 23.3 Å². The number of hydrogen-bond donors (Lipinski definition) is 2. The standard InChI is InChI=1S/C24H27F2N3O2/c25-18-11-16(12-19(26)13-18)15-27-24(31)21-8-7-20(28-23(30)17-5-6-17)14-22(21)29-9-3-1-2-4-10-29/h7-8,11-14,17H,1-6,9-10,15H2,(H,27,31)(H,28,30). The van der Waals surface area contributed by atoms with E-state index in [2.05, 4.69) is 15.5 Å². The fourth-order valence-electron chi connectivity index (χ4n) is 3.96. The summed E-state index contributed by atoms with van der Waals surface area (Å²) in [4.78, 5) is 27.4. The monoisotopic (exact) mass is 427 g/mol. The normalized spacial score (nSPS) is 16.5. The largest absolute Gasteiger partial charge is 0.371 e. The molecule has 2 amide bonds. The highest BCUT2D eigenvalue weighted by molar-refractivity contribution is 6.02. The fraction of sp³-hybridized carbons (Fsp3) is 0.417. The average molecular weight is 427 g/mol. The maximum Gasteiger partial charge on any atom is 0.253 e. The minimum Gasteiger partial charge on any atom is -0.371 e. The van der Waals surface area contributed by atoms with Gasteiger partial charge in [0.15, 0.2) is 0 Å². The maximum atomic E-state index is 13.4. The molecule has 0 radical (unpaired) electrons. The summed E-state index contributed by atoms with van der Waals surface area (Å²) in [5.41, 5.74) is 2.30. The molecule has 1 heterocycles. The van der Waals surface area contributed by atoms with Gasteiger partial charge in [-0.15, -0.1) is 0 Å². The van der Waals surface area contributed by atoms with Crippen molar-refractivity contribution in [1.82, 2.24) is 5.32 Å². The topological polar surface area (TPSA) is 61.4 Å². The SMILES string of the molecule is O=C(NCc1cc(F)cc(F)c1)c1ccc(NC(=O)C2CC2)cc1N1CCCCCC1. The number of rotatable bonds is 6. The average Bonchev–Trinajstić information content (AvgIpc) is 3.58. The summed E-state index contributed by atoms with van der Waals surface area (Å²) in [5.74, 6) is -1.55. The highest BCUT2D eigenvalue weighted by Crippen LogP contribution is 2.32. The van der Waals surface area contributed by atoms with Crippen LogP contribution in [0.5, 0.6) is 0 Å². The number of amides is 2. The molecule has 0 unspecified atom stereocenters. The van der Waals surface area contributed by atoms with Crippen LogP contribution < -0.4 is 15.5 Å². The van der Waals surface area contributed by atoms with E-state index in [1.54, 1.807) is 12.1 Å². The van der Waals surface area contributed by atoms with E-state index in [1.807, 2.05) is 6.07 Å². The van der Waals surface area contributed by atoms with Crippen LogP contribution in [-0.4, -0.2) is 24.9 Å². The zero-order valence-electron chi connectivity index (χ0n) is 17.4. The Balaban J connectivity index is 1.54. The summed E-state index contributed by atoms with van der Waals surface area (Å²) in [6.07, 6.45) is 6.24. The molecule has 0 aromatic heterocycles. The van der Waals surface area contributed by atoms with Crippen molar-refractivity contribution in [3.63, 3.8) is 0 Å². The third-order valence-electron chi connectivity index (χ3n) is 5.78. The molecule has 2 aromatic rings. The first-order valence-electron chi connectivity index (χ1n) is 10.9. The van der Waals surface area contributed by atoms with Crippen LogP contribution in [0.25, 0.3) is 0 Å². The van der Waals surface area contributed by atoms with Gasteiger partial charge in [0, 0.05) is 37.3 Å². The lowest BCUT2D eigenvalue weighted by atomic mass is 10.1. The minimum absolute atomic E-state index is 0.0205. The van der Waals surface area contributed by atoms with E-state index in [1.165, 1.54) is 12.1 Å². The molecular formula is C24H27F2N3O2. The molecule has 5 nitrogen and oxygen atoms in total. The zero-order chi connectivity index (χ0) is 21.8. The predicted octanol–water partition coefficient (Wildman–Crippen LogP) is 4.62. The van der Waals surface area contributed by atoms with Gasteiger partial charge in [0.25, 0.3) is 5.91 Å². The lowest BCUT2D eigenvalue weighted by Crippen LogP contribution is -2.30. The van der Waals surface area contributed by atoms with Crippen LogP contribution in [-0.2, 0) is 11.3 Å². The molecule has 0 spiro atoms. The van der Waals surface area contributed by atoms with Gasteiger partial charge in [0.05, 0.1) is 11.3 Å². The molecule has 2 aliphatic rings. The van der Waals surface area contributed by atoms with Gasteiger partial charge < -0.3 is 15.5 Å². The number of hydrogen-bond acceptors (Lipinski definition) is 3. The van der Waals surface area contributed by atoms with E-state index in [0.29, 0.717) is 16.8 Å². The zero-order valence-corrected chi connectivity index (χ0v) is 17.4. The van der Waals surface area contributed by atoms with Crippen LogP contribution in [0, 0.1) is 17.6 Å². The quantitative estimate of drug-likeness (QED) is 0.707. The maximum absolute atomic E-state index is 13.4. The Hall–Kier alpha value is -2.96. The number of anilines is 2. The Bertz CT molecular complexity index is 947. The summed E-state index contributed by atoms with van der Waals surface area (Å²) >= 11 is 0. The fourth-order valence-corrected chi connectivity index (χ4v) is 3.96. The second-order valence-corrected chi connectivity index (χ2v) is 8.36. The number of nitrogens with one attached hydrogen (secondary N) is 2. The molecule has 1 saturated carbocycles. The molecule has 4 rings (SSSR count). The molecule has 2 fully saturated rings. The molecule has 1 aliphatic carbocycles. The molecule has 7 heteroatoms. The van der Waals surface area contributed by atoms with E-state index in [9.17, 15) is 18.4 Å². The summed E-state index contributed by atoms with van der Waals surface area (Å²) < 4.78 is 26.9. The molecule has 2 aromatic carbocycles. The molecule has 0 bridgehead atoms. The van der Waals surface area contributed by atoms with Crippen molar-refractivity contribution < 1.29 is 18.4 Å². The molecule has 1 saturated heterocycles. The molecular weight excluding hydrogens is 400 g/mol. The Morgan fingerprint density at radius 3 is 2.26 bits per heavy atom. The lowest BCUT2D eigenvalue weighted by Gasteiger charge is -2.26. The highest BCUT2D eigenvalue weighted by atomic mass is 19.1. The molecule has 2 N–H and O–H groups in total. The van der Waals surface area contributed by atoms with Gasteiger partial charge in [-0.05, 0) is 61.6 Å². The highest BCUT2D eigenvalue weighted by Gasteiger charge is 2.30. The molecule has 164 valence electrons. The summed E-state index contributed by atoms with van der Waals surface area (Å²) in [7, 11) is 0. The number of halogens is 2. The number of carbonyl (C=O) groups is 2. The minimum atomic E-state index is -0.676. The van der Waals surface area contributed by atoms with E-state index in [4.69, 9.17) is 0 Å². The van der Waals surface area contributed by atoms with Gasteiger partial charge in [0.2, 0.25) is 5.91 Å². The van der Waals surface area contributed by atoms with Crippen molar-refractivity contribution in [3.8, 4) is 0 Å². The Labute approximate surface area is 180 Å². The number of carbonyl (C=O) groups excluding carboxylic acids is 2. The van der Waals surface area contributed by atoms with E-state index >= 15 is 0 Å². The lowest BCUT2D eigenvalue weighted by molar-refractivity contribution is -0.117. The summed E-state index contributed by atoms with van der Waals surface area (Å²) in [6.45, 7) is 1.71. The smallest absolute Gasteiger partial charge is 0.253 e. The Morgan fingerprint density at radius 1 is 0.935 bits per heavy atom. The number of nitrogens with zero attached hydrogens (tertiary/aromatic N) is 1. The van der Waals surface area contributed by atoms with Crippen LogP contribution in [0.4, 0.5) is 20.2 Å². The first-order chi connectivity index (χ1) is 15.0. The van der Waals surface area contributed by atoms with Crippen molar-refractivity contribution in [3.05, 3.63) is 59.2 Å². The van der Waals surface area contributed by atoms with E-state index < -0.39 is 11.6 Å². The molecule has 0 atom stereocenters. The summed E-state index contributed by atoms with van der Waals surface area (Å²) in [6, 6.07) is 8.52. The second kappa shape index (κ2) is 9.45. The van der Waals surface area contributed by atoms with Crippen LogP contribution >= 0.6 is 0 Å². The van der Waals surface area contributed by atoms with Crippen LogP contribution in [0.1, 0.15) is 54.4 Å². The van der Waals surface area contributed by atoms with Crippen LogP contribution in [0.2, 0.25) is 0 Å². The van der Waals surface area contributed by atoms with Gasteiger partial charge >= 0.3 is 0 Å². The third kappa shape index (κ3) is 5.60. The van der Waals surface area contributed by atoms with Crippen molar-refractivity contribution >= 4 is 23.2 Å². The van der Waals surface area contributed by atoms with Crippen LogP contribution in [0.3, 0.4) is 0 Å². The Morgan fingerprint density at radius 2 is 1.61 bits per heavy atom. The third-order valence-corrected chi connectivity index (χ3v) is 5.78. The first kappa shape index (κ1) is 21.3. The van der Waals surface area contributed by atoms with Gasteiger partial charge in [-0.3, -0.25) is 9.59 Å². The number of benzene rings is 2. The van der Waals surface area contributed by atoms with Gasteiger partial charge in [-0.25, -0.2) is 8.78 Å². The molecule has 1 aliphatic heterocycles. The summed E-state index contributed by atoms with van der Waals surface area (Å²) in [5, 5.41) is 5.72. The molecule has 31 heavy (non-hydrogen) atoms. The van der Waals surface area contributed by atoms with E-state index in [-0.39, 0.29) is 24.3 Å². The Kier molecular flexibility index (Phi) is 6.49. The van der Waals surface area contributed by atoms with Gasteiger partial charge in [-0.2, -0.15) is 0 Å². The predicted molar refractivity (Wildman–Crippen MR) is 116 cm³/mol. The first-order valence-corrected chi connectivity index (χ1v) is 10.9. The van der Waals surface area contributed by atoms with Crippen molar-refractivity contribution in [2.24, 2.45) is 5.92 Å². The van der Waals surface area contributed by atoms with Gasteiger partial charge in [-0.1, -0.05) is 12.8 Å². The van der Waals surface area contributed by atoms with Gasteiger partial charge in [0.1, 0.15) is 11.6 Å². The van der Waals surface area contributed by atoms with Crippen molar-refractivity contribution in [2.45, 2.75) is 45.1 Å². The second-order valence-electron chi connectivity index (χ2n) is 8.36.